The van der Waals surface area contributed by atoms with Crippen LogP contribution in [0.25, 0.3) is 0 Å². The van der Waals surface area contributed by atoms with Gasteiger partial charge in [0.2, 0.25) is 0 Å². The molecule has 1 unspecified atom stereocenters. The van der Waals surface area contributed by atoms with E-state index in [1.807, 2.05) is 0 Å². The van der Waals surface area contributed by atoms with Crippen LogP contribution in [0.3, 0.4) is 0 Å². The van der Waals surface area contributed by atoms with Crippen molar-refractivity contribution < 1.29 is 4.74 Å². The molecule has 2 aliphatic rings. The summed E-state index contributed by atoms with van der Waals surface area (Å²) >= 11 is 0. The number of ether oxygens (including phenoxy) is 1. The molecule has 4 heteroatoms. The highest BCUT2D eigenvalue weighted by molar-refractivity contribution is 4.77. The molecule has 112 valence electrons. The van der Waals surface area contributed by atoms with Crippen molar-refractivity contribution in [2.75, 3.05) is 52.9 Å². The molecule has 0 spiro atoms. The van der Waals surface area contributed by atoms with E-state index >= 15 is 0 Å². The first kappa shape index (κ1) is 15.2. The molecule has 0 aromatic heterocycles. The van der Waals surface area contributed by atoms with Gasteiger partial charge in [0.1, 0.15) is 0 Å². The van der Waals surface area contributed by atoms with Crippen LogP contribution in [0.15, 0.2) is 0 Å². The van der Waals surface area contributed by atoms with Gasteiger partial charge in [-0.3, -0.25) is 0 Å². The van der Waals surface area contributed by atoms with Gasteiger partial charge in [-0.2, -0.15) is 0 Å². The molecule has 2 heterocycles. The maximum atomic E-state index is 5.66. The van der Waals surface area contributed by atoms with Crippen molar-refractivity contribution in [3.8, 4) is 0 Å². The lowest BCUT2D eigenvalue weighted by Gasteiger charge is -2.34. The van der Waals surface area contributed by atoms with E-state index in [0.29, 0.717) is 6.54 Å². The SMILES string of the molecule is COC(CN)CCN1CCC(CN2CCCC2)CC1. The number of hydrogen-bond acceptors (Lipinski definition) is 4. The summed E-state index contributed by atoms with van der Waals surface area (Å²) in [5.41, 5.74) is 5.66. The van der Waals surface area contributed by atoms with Gasteiger partial charge in [-0.1, -0.05) is 0 Å². The number of likely N-dealkylation sites (tertiary alicyclic amines) is 2. The second-order valence-corrected chi connectivity index (χ2v) is 6.17. The highest BCUT2D eigenvalue weighted by atomic mass is 16.5. The lowest BCUT2D eigenvalue weighted by molar-refractivity contribution is 0.0800. The standard InChI is InChI=1S/C15H31N3O/c1-19-15(12-16)6-11-17-9-4-14(5-10-17)13-18-7-2-3-8-18/h14-15H,2-13,16H2,1H3. The zero-order valence-electron chi connectivity index (χ0n) is 12.5. The predicted molar refractivity (Wildman–Crippen MR) is 79.3 cm³/mol. The Labute approximate surface area is 118 Å². The number of nitrogens with two attached hydrogens (primary N) is 1. The van der Waals surface area contributed by atoms with E-state index < -0.39 is 0 Å². The van der Waals surface area contributed by atoms with Crippen LogP contribution in [0.5, 0.6) is 0 Å². The molecule has 1 atom stereocenters. The van der Waals surface area contributed by atoms with Crippen molar-refractivity contribution in [1.29, 1.82) is 0 Å². The van der Waals surface area contributed by atoms with E-state index in [-0.39, 0.29) is 6.10 Å². The first-order valence-corrected chi connectivity index (χ1v) is 7.99. The maximum absolute atomic E-state index is 5.66. The lowest BCUT2D eigenvalue weighted by Crippen LogP contribution is -2.39. The third kappa shape index (κ3) is 5.03. The minimum Gasteiger partial charge on any atom is -0.380 e. The Hall–Kier alpha value is -0.160. The number of nitrogens with zero attached hydrogens (tertiary/aromatic N) is 2. The highest BCUT2D eigenvalue weighted by Crippen LogP contribution is 2.20. The topological polar surface area (TPSA) is 41.7 Å². The summed E-state index contributed by atoms with van der Waals surface area (Å²) in [6.45, 7) is 8.34. The van der Waals surface area contributed by atoms with E-state index in [4.69, 9.17) is 10.5 Å². The van der Waals surface area contributed by atoms with Crippen molar-refractivity contribution in [2.24, 2.45) is 11.7 Å². The summed E-state index contributed by atoms with van der Waals surface area (Å²) in [7, 11) is 1.76. The number of hydrogen-bond donors (Lipinski definition) is 1. The second kappa shape index (κ2) is 8.20. The van der Waals surface area contributed by atoms with Crippen LogP contribution in [0.1, 0.15) is 32.1 Å². The molecule has 19 heavy (non-hydrogen) atoms. The largest absolute Gasteiger partial charge is 0.380 e. The highest BCUT2D eigenvalue weighted by Gasteiger charge is 2.22. The van der Waals surface area contributed by atoms with Crippen molar-refractivity contribution in [3.05, 3.63) is 0 Å². The molecule has 0 aromatic rings. The molecule has 2 fully saturated rings. The van der Waals surface area contributed by atoms with Crippen LogP contribution in [0.2, 0.25) is 0 Å². The molecular weight excluding hydrogens is 238 g/mol. The summed E-state index contributed by atoms with van der Waals surface area (Å²) in [4.78, 5) is 5.25. The fourth-order valence-electron chi connectivity index (χ4n) is 3.38. The number of methoxy groups -OCH3 is 1. The van der Waals surface area contributed by atoms with E-state index in [1.165, 1.54) is 58.4 Å². The molecule has 2 aliphatic heterocycles. The molecule has 2 N–H and O–H groups in total. The zero-order chi connectivity index (χ0) is 13.5. The van der Waals surface area contributed by atoms with Crippen LogP contribution in [-0.4, -0.2) is 68.8 Å². The fraction of sp³-hybridized carbons (Fsp3) is 1.00. The Morgan fingerprint density at radius 3 is 2.37 bits per heavy atom. The summed E-state index contributed by atoms with van der Waals surface area (Å²) in [5.74, 6) is 0.932. The van der Waals surface area contributed by atoms with Gasteiger partial charge in [0.15, 0.2) is 0 Å². The van der Waals surface area contributed by atoms with Gasteiger partial charge in [0, 0.05) is 26.7 Å². The molecular formula is C15H31N3O. The average molecular weight is 269 g/mol. The summed E-state index contributed by atoms with van der Waals surface area (Å²) in [5, 5.41) is 0. The molecule has 0 saturated carbocycles. The smallest absolute Gasteiger partial charge is 0.0705 e. The Morgan fingerprint density at radius 1 is 1.11 bits per heavy atom. The van der Waals surface area contributed by atoms with Crippen LogP contribution in [0, 0.1) is 5.92 Å². The summed E-state index contributed by atoms with van der Waals surface area (Å²) in [6.07, 6.45) is 6.88. The summed E-state index contributed by atoms with van der Waals surface area (Å²) in [6, 6.07) is 0. The minimum atomic E-state index is 0.238. The first-order valence-electron chi connectivity index (χ1n) is 7.99. The zero-order valence-corrected chi connectivity index (χ0v) is 12.5. The van der Waals surface area contributed by atoms with Crippen molar-refractivity contribution in [1.82, 2.24) is 9.80 Å². The van der Waals surface area contributed by atoms with E-state index in [0.717, 1.165) is 18.9 Å². The maximum Gasteiger partial charge on any atom is 0.0705 e. The van der Waals surface area contributed by atoms with Gasteiger partial charge < -0.3 is 20.3 Å². The molecule has 0 bridgehead atoms. The lowest BCUT2D eigenvalue weighted by atomic mass is 9.96. The van der Waals surface area contributed by atoms with Crippen LogP contribution < -0.4 is 5.73 Å². The van der Waals surface area contributed by atoms with Gasteiger partial charge in [-0.15, -0.1) is 0 Å². The predicted octanol–water partition coefficient (Wildman–Crippen LogP) is 1.16. The Kier molecular flexibility index (Phi) is 6.57. The third-order valence-electron chi connectivity index (χ3n) is 4.79. The third-order valence-corrected chi connectivity index (χ3v) is 4.79. The van der Waals surface area contributed by atoms with Crippen LogP contribution in [-0.2, 0) is 4.74 Å². The normalized spacial score (nSPS) is 24.9. The van der Waals surface area contributed by atoms with Gasteiger partial charge in [-0.05, 0) is 64.2 Å². The van der Waals surface area contributed by atoms with Gasteiger partial charge in [-0.25, -0.2) is 0 Å². The van der Waals surface area contributed by atoms with E-state index in [1.54, 1.807) is 7.11 Å². The number of piperidine rings is 1. The quantitative estimate of drug-likeness (QED) is 0.753. The van der Waals surface area contributed by atoms with E-state index in [2.05, 4.69) is 9.80 Å². The van der Waals surface area contributed by atoms with Crippen molar-refractivity contribution in [3.63, 3.8) is 0 Å². The monoisotopic (exact) mass is 269 g/mol. The number of rotatable bonds is 7. The van der Waals surface area contributed by atoms with Crippen molar-refractivity contribution in [2.45, 2.75) is 38.2 Å². The molecule has 0 amide bonds. The minimum absolute atomic E-state index is 0.238. The average Bonchev–Trinajstić information content (AvgIpc) is 2.95. The fourth-order valence-corrected chi connectivity index (χ4v) is 3.38. The molecule has 0 aromatic carbocycles. The van der Waals surface area contributed by atoms with Gasteiger partial charge in [0.05, 0.1) is 6.10 Å². The first-order chi connectivity index (χ1) is 9.31. The molecule has 0 aliphatic carbocycles. The molecule has 2 rings (SSSR count). The van der Waals surface area contributed by atoms with Gasteiger partial charge in [0.25, 0.3) is 0 Å². The second-order valence-electron chi connectivity index (χ2n) is 6.17. The van der Waals surface area contributed by atoms with Crippen molar-refractivity contribution >= 4 is 0 Å². The van der Waals surface area contributed by atoms with E-state index in [9.17, 15) is 0 Å². The van der Waals surface area contributed by atoms with Crippen LogP contribution in [0.4, 0.5) is 0 Å². The van der Waals surface area contributed by atoms with Crippen LogP contribution >= 0.6 is 0 Å². The molecule has 4 nitrogen and oxygen atoms in total. The Morgan fingerprint density at radius 2 is 1.79 bits per heavy atom. The molecule has 0 radical (unpaired) electrons. The summed E-state index contributed by atoms with van der Waals surface area (Å²) < 4.78 is 5.34. The molecule has 2 saturated heterocycles. The Bertz CT molecular complexity index is 232. The Balaban J connectivity index is 1.59. The van der Waals surface area contributed by atoms with Gasteiger partial charge >= 0.3 is 0 Å².